The Morgan fingerprint density at radius 1 is 0.921 bits per heavy atom. The van der Waals surface area contributed by atoms with E-state index in [4.69, 9.17) is 9.84 Å². The van der Waals surface area contributed by atoms with Crippen LogP contribution in [0.25, 0.3) is 0 Å². The number of rotatable bonds is 14. The molecule has 0 bridgehead atoms. The Labute approximate surface area is 219 Å². The number of aromatic carboxylic acids is 1. The van der Waals surface area contributed by atoms with Gasteiger partial charge in [-0.15, -0.1) is 0 Å². The Morgan fingerprint density at radius 2 is 1.71 bits per heavy atom. The molecule has 0 aliphatic rings. The van der Waals surface area contributed by atoms with E-state index in [1.807, 2.05) is 30.3 Å². The van der Waals surface area contributed by atoms with Crippen LogP contribution in [0, 0.1) is 0 Å². The highest BCUT2D eigenvalue weighted by atomic mass is 16.5. The number of hydrogen-bond acceptors (Lipinski definition) is 6. The van der Waals surface area contributed by atoms with Crippen molar-refractivity contribution in [1.82, 2.24) is 15.6 Å². The normalized spacial score (nSPS) is 11.3. The van der Waals surface area contributed by atoms with Crippen molar-refractivity contribution in [3.05, 3.63) is 95.3 Å². The number of pyridine rings is 1. The molecule has 0 spiro atoms. The molecule has 2 amide bonds. The lowest BCUT2D eigenvalue weighted by atomic mass is 10.0. The van der Waals surface area contributed by atoms with Crippen LogP contribution in [-0.4, -0.2) is 58.1 Å². The summed E-state index contributed by atoms with van der Waals surface area (Å²) in [5.41, 5.74) is 1.69. The van der Waals surface area contributed by atoms with E-state index >= 15 is 0 Å². The summed E-state index contributed by atoms with van der Waals surface area (Å²) < 4.78 is 5.06. The summed E-state index contributed by atoms with van der Waals surface area (Å²) in [7, 11) is 0. The zero-order chi connectivity index (χ0) is 27.3. The van der Waals surface area contributed by atoms with Crippen molar-refractivity contribution >= 4 is 23.8 Å². The fraction of sp³-hybridized carbons (Fsp3) is 0.250. The Kier molecular flexibility index (Phi) is 10.3. The number of carbonyl (C=O) groups excluding carboxylic acids is 2. The molecule has 1 aromatic heterocycles. The van der Waals surface area contributed by atoms with E-state index < -0.39 is 36.4 Å². The zero-order valence-corrected chi connectivity index (χ0v) is 20.6. The van der Waals surface area contributed by atoms with Gasteiger partial charge >= 0.3 is 11.9 Å². The van der Waals surface area contributed by atoms with Gasteiger partial charge in [0, 0.05) is 25.4 Å². The summed E-state index contributed by atoms with van der Waals surface area (Å²) in [5, 5.41) is 23.9. The van der Waals surface area contributed by atoms with Crippen molar-refractivity contribution in [2.75, 3.05) is 13.2 Å². The predicted molar refractivity (Wildman–Crippen MR) is 138 cm³/mol. The number of aromatic nitrogens is 1. The lowest BCUT2D eigenvalue weighted by Crippen LogP contribution is -2.48. The van der Waals surface area contributed by atoms with Crippen LogP contribution in [0.4, 0.5) is 0 Å². The van der Waals surface area contributed by atoms with Gasteiger partial charge in [0.15, 0.2) is 6.61 Å². The van der Waals surface area contributed by atoms with E-state index in [0.29, 0.717) is 12.1 Å². The number of aliphatic carboxylic acids is 1. The van der Waals surface area contributed by atoms with Crippen LogP contribution in [0.2, 0.25) is 0 Å². The SMILES string of the molecule is O=C(O)COc1ccc(CC(NC(=O)c2cccnc2)C(=O)NCCCCc2ccccc2)cc1C(=O)O. The van der Waals surface area contributed by atoms with Crippen LogP contribution in [0.5, 0.6) is 5.75 Å². The molecule has 0 aliphatic heterocycles. The summed E-state index contributed by atoms with van der Waals surface area (Å²) in [6, 6.07) is 16.4. The van der Waals surface area contributed by atoms with Crippen LogP contribution in [0.3, 0.4) is 0 Å². The van der Waals surface area contributed by atoms with E-state index in [9.17, 15) is 24.3 Å². The van der Waals surface area contributed by atoms with Crippen molar-refractivity contribution in [2.45, 2.75) is 31.7 Å². The molecule has 2 aromatic carbocycles. The maximum Gasteiger partial charge on any atom is 0.341 e. The number of hydrogen-bond donors (Lipinski definition) is 4. The summed E-state index contributed by atoms with van der Waals surface area (Å²) in [5.74, 6) is -3.58. The second-order valence-corrected chi connectivity index (χ2v) is 8.52. The number of ether oxygens (including phenoxy) is 1. The maximum absolute atomic E-state index is 13.1. The van der Waals surface area contributed by atoms with Gasteiger partial charge in [0.1, 0.15) is 17.4 Å². The first-order chi connectivity index (χ1) is 18.3. The molecule has 10 heteroatoms. The summed E-state index contributed by atoms with van der Waals surface area (Å²) in [6.07, 6.45) is 5.40. The fourth-order valence-electron chi connectivity index (χ4n) is 3.75. The number of carboxylic acids is 2. The minimum absolute atomic E-state index is 0.00133. The van der Waals surface area contributed by atoms with Crippen LogP contribution in [0.15, 0.2) is 73.1 Å². The first-order valence-electron chi connectivity index (χ1n) is 12.1. The molecule has 0 aliphatic carbocycles. The Hall–Kier alpha value is -4.73. The standard InChI is InChI=1S/C28H29N3O7/c32-25(33)18-38-24-12-11-20(15-22(24)28(36)37)16-23(31-26(34)21-10-6-13-29-17-21)27(35)30-14-5-4-9-19-7-2-1-3-8-19/h1-3,6-8,10-13,15,17,23H,4-5,9,14,16,18H2,(H,30,35)(H,31,34)(H,32,33)(H,36,37). The molecule has 10 nitrogen and oxygen atoms in total. The Morgan fingerprint density at radius 3 is 2.39 bits per heavy atom. The number of benzene rings is 2. The molecule has 1 unspecified atom stereocenters. The number of amides is 2. The molecule has 38 heavy (non-hydrogen) atoms. The average molecular weight is 520 g/mol. The molecule has 0 saturated carbocycles. The lowest BCUT2D eigenvalue weighted by Gasteiger charge is -2.19. The molecule has 3 rings (SSSR count). The topological polar surface area (TPSA) is 155 Å². The van der Waals surface area contributed by atoms with Gasteiger partial charge in [-0.3, -0.25) is 14.6 Å². The number of nitrogens with zero attached hydrogens (tertiary/aromatic N) is 1. The smallest absolute Gasteiger partial charge is 0.341 e. The van der Waals surface area contributed by atoms with Gasteiger partial charge in [-0.05, 0) is 54.7 Å². The van der Waals surface area contributed by atoms with E-state index in [2.05, 4.69) is 15.6 Å². The van der Waals surface area contributed by atoms with Crippen molar-refractivity contribution in [1.29, 1.82) is 0 Å². The highest BCUT2D eigenvalue weighted by molar-refractivity contribution is 5.97. The molecule has 4 N–H and O–H groups in total. The third-order valence-electron chi connectivity index (χ3n) is 5.65. The van der Waals surface area contributed by atoms with Crippen molar-refractivity contribution in [3.8, 4) is 5.75 Å². The molecule has 0 fully saturated rings. The van der Waals surface area contributed by atoms with Gasteiger partial charge in [-0.2, -0.15) is 0 Å². The zero-order valence-electron chi connectivity index (χ0n) is 20.6. The highest BCUT2D eigenvalue weighted by Gasteiger charge is 2.23. The van der Waals surface area contributed by atoms with Crippen LogP contribution in [-0.2, 0) is 22.4 Å². The number of carboxylic acid groups (broad SMARTS) is 2. The Bertz CT molecular complexity index is 1250. The third kappa shape index (κ3) is 8.74. The molecular weight excluding hydrogens is 490 g/mol. The van der Waals surface area contributed by atoms with Crippen molar-refractivity contribution < 1.29 is 34.1 Å². The van der Waals surface area contributed by atoms with Crippen molar-refractivity contribution in [3.63, 3.8) is 0 Å². The molecule has 198 valence electrons. The third-order valence-corrected chi connectivity index (χ3v) is 5.65. The van der Waals surface area contributed by atoms with Crippen LogP contribution >= 0.6 is 0 Å². The number of nitrogens with one attached hydrogen (secondary N) is 2. The first kappa shape index (κ1) is 27.9. The van der Waals surface area contributed by atoms with Gasteiger partial charge < -0.3 is 25.6 Å². The molecule has 1 heterocycles. The largest absolute Gasteiger partial charge is 0.481 e. The fourth-order valence-corrected chi connectivity index (χ4v) is 3.75. The molecule has 0 radical (unpaired) electrons. The monoisotopic (exact) mass is 519 g/mol. The van der Waals surface area contributed by atoms with Gasteiger partial charge in [0.2, 0.25) is 5.91 Å². The van der Waals surface area contributed by atoms with E-state index in [1.54, 1.807) is 12.1 Å². The second kappa shape index (κ2) is 14.1. The van der Waals surface area contributed by atoms with E-state index in [1.165, 1.54) is 36.2 Å². The van der Waals surface area contributed by atoms with Crippen LogP contribution < -0.4 is 15.4 Å². The summed E-state index contributed by atoms with van der Waals surface area (Å²) >= 11 is 0. The van der Waals surface area contributed by atoms with Crippen LogP contribution in [0.1, 0.15) is 44.7 Å². The molecule has 1 atom stereocenters. The first-order valence-corrected chi connectivity index (χ1v) is 12.1. The molecule has 3 aromatic rings. The molecular formula is C28H29N3O7. The summed E-state index contributed by atoms with van der Waals surface area (Å²) in [4.78, 5) is 52.3. The quantitative estimate of drug-likeness (QED) is 0.237. The molecule has 0 saturated heterocycles. The number of unbranched alkanes of at least 4 members (excludes halogenated alkanes) is 1. The number of aryl methyl sites for hydroxylation is 1. The van der Waals surface area contributed by atoms with Gasteiger partial charge in [-0.1, -0.05) is 36.4 Å². The predicted octanol–water partition coefficient (Wildman–Crippen LogP) is 2.72. The van der Waals surface area contributed by atoms with Gasteiger partial charge in [-0.25, -0.2) is 9.59 Å². The van der Waals surface area contributed by atoms with E-state index in [0.717, 1.165) is 19.3 Å². The minimum Gasteiger partial charge on any atom is -0.481 e. The highest BCUT2D eigenvalue weighted by Crippen LogP contribution is 2.21. The van der Waals surface area contributed by atoms with Gasteiger partial charge in [0.25, 0.3) is 5.91 Å². The maximum atomic E-state index is 13.1. The van der Waals surface area contributed by atoms with E-state index in [-0.39, 0.29) is 23.3 Å². The van der Waals surface area contributed by atoms with Gasteiger partial charge in [0.05, 0.1) is 5.56 Å². The van der Waals surface area contributed by atoms with Crippen molar-refractivity contribution in [2.24, 2.45) is 0 Å². The number of carbonyl (C=O) groups is 4. The summed E-state index contributed by atoms with van der Waals surface area (Å²) in [6.45, 7) is -0.288. The second-order valence-electron chi connectivity index (χ2n) is 8.52. The lowest BCUT2D eigenvalue weighted by molar-refractivity contribution is -0.139. The average Bonchev–Trinajstić information content (AvgIpc) is 2.92. The Balaban J connectivity index is 1.69. The minimum atomic E-state index is -1.31.